The van der Waals surface area contributed by atoms with Crippen LogP contribution in [0.4, 0.5) is 0 Å². The molecule has 3 aliphatic heterocycles. The summed E-state index contributed by atoms with van der Waals surface area (Å²) < 4.78 is 1.82. The highest BCUT2D eigenvalue weighted by Crippen LogP contribution is 2.37. The van der Waals surface area contributed by atoms with E-state index in [1.165, 1.54) is 0 Å². The number of amides is 1. The number of nitrogens with one attached hydrogen (secondary N) is 1. The maximum absolute atomic E-state index is 12.4. The number of carbonyl (C=O) groups is 1. The number of aliphatic hydroxyl groups is 1. The van der Waals surface area contributed by atoms with Crippen molar-refractivity contribution in [3.05, 3.63) is 11.9 Å². The summed E-state index contributed by atoms with van der Waals surface area (Å²) in [6.07, 6.45) is 3.94. The van der Waals surface area contributed by atoms with Crippen molar-refractivity contribution in [2.24, 2.45) is 11.8 Å². The van der Waals surface area contributed by atoms with Crippen LogP contribution in [-0.4, -0.2) is 56.1 Å². The normalized spacial score (nSPS) is 29.9. The molecule has 2 unspecified atom stereocenters. The third kappa shape index (κ3) is 3.62. The molecule has 2 N–H and O–H groups in total. The van der Waals surface area contributed by atoms with Gasteiger partial charge in [0.25, 0.3) is 0 Å². The van der Waals surface area contributed by atoms with Crippen LogP contribution in [0.3, 0.4) is 0 Å². The third-order valence-electron chi connectivity index (χ3n) is 5.21. The van der Waals surface area contributed by atoms with E-state index in [9.17, 15) is 9.90 Å². The van der Waals surface area contributed by atoms with Gasteiger partial charge >= 0.3 is 0 Å². The minimum atomic E-state index is -0.968. The summed E-state index contributed by atoms with van der Waals surface area (Å²) in [4.78, 5) is 14.8. The van der Waals surface area contributed by atoms with Crippen molar-refractivity contribution in [3.8, 4) is 0 Å². The monoisotopic (exact) mass is 335 g/mol. The number of piperidine rings is 3. The van der Waals surface area contributed by atoms with Gasteiger partial charge in [0.1, 0.15) is 11.3 Å². The number of hydrogen-bond donors (Lipinski definition) is 2. The van der Waals surface area contributed by atoms with Crippen LogP contribution in [0, 0.1) is 11.8 Å². The van der Waals surface area contributed by atoms with Gasteiger partial charge in [0.2, 0.25) is 5.91 Å². The standard InChI is InChI=1S/C17H29N5O2/c1-11(2)18-16(23)14-9-21-6-5-12(14)7-13(21)8-22-10-15(19-20-22)17(3,4)24/h10-14,24H,5-9H2,1-4H3,(H,18,23)/t12?,13-,14+/m1/s1. The lowest BCUT2D eigenvalue weighted by Gasteiger charge is -2.49. The Morgan fingerprint density at radius 1 is 1.50 bits per heavy atom. The van der Waals surface area contributed by atoms with Gasteiger partial charge in [-0.15, -0.1) is 5.10 Å². The molecule has 0 radical (unpaired) electrons. The lowest BCUT2D eigenvalue weighted by atomic mass is 9.75. The van der Waals surface area contributed by atoms with Crippen LogP contribution in [0.15, 0.2) is 6.20 Å². The highest BCUT2D eigenvalue weighted by atomic mass is 16.3. The van der Waals surface area contributed by atoms with Gasteiger partial charge in [0.15, 0.2) is 0 Å². The maximum atomic E-state index is 12.4. The number of hydrogen-bond acceptors (Lipinski definition) is 5. The topological polar surface area (TPSA) is 83.3 Å². The molecule has 4 heterocycles. The van der Waals surface area contributed by atoms with Gasteiger partial charge in [-0.05, 0) is 53.0 Å². The van der Waals surface area contributed by atoms with E-state index in [2.05, 4.69) is 20.5 Å². The summed E-state index contributed by atoms with van der Waals surface area (Å²) in [5.41, 5.74) is -0.378. The summed E-state index contributed by atoms with van der Waals surface area (Å²) in [5.74, 6) is 0.763. The third-order valence-corrected chi connectivity index (χ3v) is 5.21. The van der Waals surface area contributed by atoms with Crippen molar-refractivity contribution in [1.29, 1.82) is 0 Å². The van der Waals surface area contributed by atoms with E-state index in [0.717, 1.165) is 32.5 Å². The van der Waals surface area contributed by atoms with Crippen LogP contribution >= 0.6 is 0 Å². The number of aromatic nitrogens is 3. The second kappa shape index (κ2) is 6.44. The van der Waals surface area contributed by atoms with Crippen LogP contribution in [0.2, 0.25) is 0 Å². The van der Waals surface area contributed by atoms with E-state index in [4.69, 9.17) is 0 Å². The van der Waals surface area contributed by atoms with Gasteiger partial charge in [0.05, 0.1) is 18.7 Å². The maximum Gasteiger partial charge on any atom is 0.224 e. The Labute approximate surface area is 143 Å². The van der Waals surface area contributed by atoms with Crippen LogP contribution in [-0.2, 0) is 16.9 Å². The summed E-state index contributed by atoms with van der Waals surface area (Å²) in [6.45, 7) is 10.1. The lowest BCUT2D eigenvalue weighted by Crippen LogP contribution is -2.58. The van der Waals surface area contributed by atoms with Crippen molar-refractivity contribution in [2.45, 2.75) is 64.8 Å². The molecule has 1 aromatic heterocycles. The van der Waals surface area contributed by atoms with Gasteiger partial charge in [0, 0.05) is 18.6 Å². The molecule has 0 aromatic carbocycles. The summed E-state index contributed by atoms with van der Waals surface area (Å²) in [7, 11) is 0. The van der Waals surface area contributed by atoms with E-state index < -0.39 is 5.60 Å². The van der Waals surface area contributed by atoms with Crippen LogP contribution in [0.25, 0.3) is 0 Å². The number of fused-ring (bicyclic) bond motifs is 3. The first kappa shape index (κ1) is 17.4. The highest BCUT2D eigenvalue weighted by molar-refractivity contribution is 5.79. The van der Waals surface area contributed by atoms with E-state index in [0.29, 0.717) is 17.7 Å². The van der Waals surface area contributed by atoms with Crippen LogP contribution in [0.1, 0.15) is 46.2 Å². The zero-order valence-electron chi connectivity index (χ0n) is 15.1. The van der Waals surface area contributed by atoms with Crippen molar-refractivity contribution in [2.75, 3.05) is 13.1 Å². The summed E-state index contributed by atoms with van der Waals surface area (Å²) in [5, 5.41) is 21.3. The van der Waals surface area contributed by atoms with Crippen molar-refractivity contribution in [1.82, 2.24) is 25.2 Å². The zero-order valence-corrected chi connectivity index (χ0v) is 15.1. The fraction of sp³-hybridized carbons (Fsp3) is 0.824. The quantitative estimate of drug-likeness (QED) is 0.829. The Bertz CT molecular complexity index is 592. The largest absolute Gasteiger partial charge is 0.384 e. The Kier molecular flexibility index (Phi) is 4.66. The van der Waals surface area contributed by atoms with Crippen LogP contribution in [0.5, 0.6) is 0 Å². The zero-order chi connectivity index (χ0) is 17.5. The summed E-state index contributed by atoms with van der Waals surface area (Å²) >= 11 is 0. The molecule has 24 heavy (non-hydrogen) atoms. The van der Waals surface area contributed by atoms with Gasteiger partial charge in [-0.25, -0.2) is 0 Å². The molecule has 2 bridgehead atoms. The van der Waals surface area contributed by atoms with Crippen molar-refractivity contribution >= 4 is 5.91 Å². The predicted octanol–water partition coefficient (Wildman–Crippen LogP) is 0.740. The minimum Gasteiger partial charge on any atom is -0.384 e. The summed E-state index contributed by atoms with van der Waals surface area (Å²) in [6, 6.07) is 0.586. The molecule has 3 aliphatic rings. The van der Waals surface area contributed by atoms with Crippen molar-refractivity contribution in [3.63, 3.8) is 0 Å². The number of carbonyl (C=O) groups excluding carboxylic acids is 1. The molecule has 3 saturated heterocycles. The molecule has 134 valence electrons. The predicted molar refractivity (Wildman–Crippen MR) is 90.1 cm³/mol. The first-order valence-corrected chi connectivity index (χ1v) is 8.91. The Morgan fingerprint density at radius 3 is 2.79 bits per heavy atom. The molecule has 7 heteroatoms. The van der Waals surface area contributed by atoms with E-state index in [-0.39, 0.29) is 17.9 Å². The smallest absolute Gasteiger partial charge is 0.224 e. The second-order valence-electron chi connectivity index (χ2n) is 8.09. The minimum absolute atomic E-state index is 0.111. The molecule has 0 spiro atoms. The lowest BCUT2D eigenvalue weighted by molar-refractivity contribution is -0.133. The molecule has 0 aliphatic carbocycles. The molecule has 3 fully saturated rings. The molecular formula is C17H29N5O2. The average molecular weight is 335 g/mol. The fourth-order valence-corrected chi connectivity index (χ4v) is 3.90. The molecule has 4 atom stereocenters. The number of rotatable bonds is 5. The SMILES string of the molecule is CC(C)NC(=O)[C@H]1CN2CCC1C[C@@H]2Cn1cc(C(C)(C)O)nn1. The van der Waals surface area contributed by atoms with Gasteiger partial charge in [-0.3, -0.25) is 14.4 Å². The van der Waals surface area contributed by atoms with Crippen molar-refractivity contribution < 1.29 is 9.90 Å². The molecule has 1 amide bonds. The fourth-order valence-electron chi connectivity index (χ4n) is 3.90. The van der Waals surface area contributed by atoms with E-state index in [1.54, 1.807) is 13.8 Å². The average Bonchev–Trinajstić information content (AvgIpc) is 2.96. The van der Waals surface area contributed by atoms with E-state index in [1.807, 2.05) is 24.7 Å². The number of nitrogens with zero attached hydrogens (tertiary/aromatic N) is 4. The molecular weight excluding hydrogens is 306 g/mol. The Balaban J connectivity index is 1.62. The van der Waals surface area contributed by atoms with Gasteiger partial charge in [-0.1, -0.05) is 5.21 Å². The Morgan fingerprint density at radius 2 is 2.25 bits per heavy atom. The highest BCUT2D eigenvalue weighted by Gasteiger charge is 2.43. The molecule has 7 nitrogen and oxygen atoms in total. The molecule has 4 rings (SSSR count). The van der Waals surface area contributed by atoms with Gasteiger partial charge in [-0.2, -0.15) is 0 Å². The molecule has 0 saturated carbocycles. The van der Waals surface area contributed by atoms with E-state index >= 15 is 0 Å². The Hall–Kier alpha value is -1.47. The second-order valence-corrected chi connectivity index (χ2v) is 8.09. The van der Waals surface area contributed by atoms with Gasteiger partial charge < -0.3 is 10.4 Å². The first-order chi connectivity index (χ1) is 11.2. The van der Waals surface area contributed by atoms with Crippen LogP contribution < -0.4 is 5.32 Å². The molecule has 1 aromatic rings. The first-order valence-electron chi connectivity index (χ1n) is 8.91.